The van der Waals surface area contributed by atoms with Gasteiger partial charge < -0.3 is 75.8 Å². The first-order valence-electron chi connectivity index (χ1n) is 44.9. The Kier molecular flexibility index (Phi) is 26.1. The van der Waals surface area contributed by atoms with Crippen LogP contribution in [0.5, 0.6) is 0 Å². The predicted octanol–water partition coefficient (Wildman–Crippen LogP) is 9.89. The van der Waals surface area contributed by atoms with E-state index < -0.39 is 144 Å². The van der Waals surface area contributed by atoms with Gasteiger partial charge in [-0.1, -0.05) is 55.4 Å². The molecule has 34 heteroatoms. The summed E-state index contributed by atoms with van der Waals surface area (Å²) < 4.78 is 98.5. The van der Waals surface area contributed by atoms with E-state index >= 15 is 0 Å². The van der Waals surface area contributed by atoms with Crippen molar-refractivity contribution >= 4 is 47.8 Å². The first-order chi connectivity index (χ1) is 57.3. The predicted molar refractivity (Wildman–Crippen MR) is 405 cm³/mol. The van der Waals surface area contributed by atoms with E-state index in [1.54, 1.807) is 0 Å². The topological polar surface area (TPSA) is 365 Å². The molecule has 20 fully saturated rings. The van der Waals surface area contributed by atoms with Crippen molar-refractivity contribution in [1.29, 1.82) is 0 Å². The van der Waals surface area contributed by atoms with Gasteiger partial charge in [0.25, 0.3) is 0 Å². The molecule has 32 atom stereocenters. The number of carbonyl (C=O) groups excluding carboxylic acids is 8. The van der Waals surface area contributed by atoms with Crippen LogP contribution in [-0.4, -0.2) is 219 Å². The molecule has 4 saturated carbocycles. The van der Waals surface area contributed by atoms with Crippen LogP contribution in [0.2, 0.25) is 0 Å². The molecule has 4 spiro atoms. The van der Waals surface area contributed by atoms with Crippen molar-refractivity contribution in [1.82, 2.24) is 9.80 Å². The highest BCUT2D eigenvalue weighted by Crippen LogP contribution is 2.66. The van der Waals surface area contributed by atoms with E-state index in [-0.39, 0.29) is 188 Å². The molecule has 16 heterocycles. The van der Waals surface area contributed by atoms with Crippen molar-refractivity contribution in [3.63, 3.8) is 0 Å². The number of esters is 8. The van der Waals surface area contributed by atoms with Gasteiger partial charge in [-0.2, -0.15) is 0 Å². The van der Waals surface area contributed by atoms with E-state index in [1.807, 2.05) is 65.2 Å². The minimum Gasteiger partial charge on any atom is -0.464 e. The van der Waals surface area contributed by atoms with Gasteiger partial charge >= 0.3 is 47.8 Å². The molecule has 674 valence electrons. The highest BCUT2D eigenvalue weighted by atomic mass is 17.3. The van der Waals surface area contributed by atoms with Crippen LogP contribution in [0.15, 0.2) is 0 Å². The Balaban J connectivity index is 0.543. The van der Waals surface area contributed by atoms with Gasteiger partial charge in [-0.15, -0.1) is 0 Å². The first-order valence-corrected chi connectivity index (χ1v) is 44.9. The number of hydrogen-bond acceptors (Lipinski definition) is 34. The van der Waals surface area contributed by atoms with Crippen LogP contribution in [0.4, 0.5) is 0 Å². The molecule has 34 nitrogen and oxygen atoms in total. The van der Waals surface area contributed by atoms with E-state index in [4.69, 9.17) is 115 Å². The zero-order valence-electron chi connectivity index (χ0n) is 71.9. The van der Waals surface area contributed by atoms with Gasteiger partial charge in [0.15, 0.2) is 47.6 Å². The quantitative estimate of drug-likeness (QED) is 0.0354. The van der Waals surface area contributed by atoms with Gasteiger partial charge in [0, 0.05) is 112 Å². The van der Waals surface area contributed by atoms with Crippen LogP contribution in [0.1, 0.15) is 237 Å². The Morgan fingerprint density at radius 2 is 0.475 bits per heavy atom. The van der Waals surface area contributed by atoms with Crippen molar-refractivity contribution in [2.45, 2.75) is 333 Å². The third kappa shape index (κ3) is 17.1. The lowest BCUT2D eigenvalue weighted by Crippen LogP contribution is -2.70. The van der Waals surface area contributed by atoms with Gasteiger partial charge in [0.2, 0.25) is 48.3 Å². The minimum atomic E-state index is -1.03. The molecule has 0 N–H and O–H groups in total. The normalized spacial score (nSPS) is 45.2. The summed E-state index contributed by atoms with van der Waals surface area (Å²) >= 11 is 0. The van der Waals surface area contributed by atoms with Crippen molar-refractivity contribution in [2.75, 3.05) is 65.7 Å². The number of ether oxygens (including phenoxy) is 16. The van der Waals surface area contributed by atoms with E-state index in [1.165, 1.54) is 0 Å². The Labute approximate surface area is 701 Å². The molecule has 16 saturated heterocycles. The third-order valence-corrected chi connectivity index (χ3v) is 30.9. The maximum absolute atomic E-state index is 13.6. The third-order valence-electron chi connectivity index (χ3n) is 30.9. The summed E-state index contributed by atoms with van der Waals surface area (Å²) in [6.07, 6.45) is 3.02. The molecule has 0 aromatic heterocycles. The average Bonchev–Trinajstić information content (AvgIpc) is 1.41. The van der Waals surface area contributed by atoms with Crippen molar-refractivity contribution in [2.24, 2.45) is 94.7 Å². The Morgan fingerprint density at radius 1 is 0.267 bits per heavy atom. The molecule has 20 rings (SSSR count). The summed E-state index contributed by atoms with van der Waals surface area (Å²) in [5.41, 5.74) is -3.46. The molecule has 0 unspecified atom stereocenters. The van der Waals surface area contributed by atoms with E-state index in [0.717, 1.165) is 77.0 Å². The molecule has 0 amide bonds. The summed E-state index contributed by atoms with van der Waals surface area (Å²) in [6, 6.07) is 0. The summed E-state index contributed by atoms with van der Waals surface area (Å²) in [5, 5.41) is 0. The second-order valence-electron chi connectivity index (χ2n) is 38.6. The van der Waals surface area contributed by atoms with E-state index in [0.29, 0.717) is 49.4 Å². The van der Waals surface area contributed by atoms with Gasteiger partial charge in [0.05, 0.1) is 51.4 Å². The van der Waals surface area contributed by atoms with Gasteiger partial charge in [-0.25, -0.2) is 39.1 Å². The summed E-state index contributed by atoms with van der Waals surface area (Å²) in [4.78, 5) is 161. The fourth-order valence-electron chi connectivity index (χ4n) is 24.0. The summed E-state index contributed by atoms with van der Waals surface area (Å²) in [7, 11) is 0. The number of rotatable bonds is 31. The highest BCUT2D eigenvalue weighted by molar-refractivity contribution is 5.79. The molecule has 8 bridgehead atoms. The highest BCUT2D eigenvalue weighted by Gasteiger charge is 2.75. The smallest absolute Gasteiger partial charge is 0.308 e. The van der Waals surface area contributed by atoms with Gasteiger partial charge in [-0.05, 0) is 152 Å². The lowest BCUT2D eigenvalue weighted by atomic mass is 9.58. The molecule has 120 heavy (non-hydrogen) atoms. The van der Waals surface area contributed by atoms with E-state index in [2.05, 4.69) is 27.7 Å². The molecular weight excluding hydrogens is 1570 g/mol. The lowest BCUT2D eigenvalue weighted by molar-refractivity contribution is -0.576. The second kappa shape index (κ2) is 35.3. The van der Waals surface area contributed by atoms with E-state index in [9.17, 15) is 38.4 Å². The minimum absolute atomic E-state index is 0.0945. The van der Waals surface area contributed by atoms with Gasteiger partial charge in [-0.3, -0.25) is 48.2 Å². The Morgan fingerprint density at radius 3 is 0.692 bits per heavy atom. The van der Waals surface area contributed by atoms with Crippen LogP contribution < -0.4 is 0 Å². The SMILES string of the molecule is C[C@H]1[C@H](OC(=O)CCC(=O)OCCN(CCOC(=O)CCC(=O)O[C@@H]2O[C@@H]3O[C@]4(C)CC[C@H]5[C@H](C)CC[C@@H]([C@H]2C)[C@@]35OO4)CCN(CCOC(=O)CCC(=O)O[C@@H]2O[C@@H]3O[C@]4(C)CC[C@H]5[C@H](C)CC[C@@H]([C@H]2C)[C@@]35OO4)CCOC(=O)CCC(=O)O[C@@H]2O[C@@H]3O[C@]4(C)CC[C@H]5[C@H](C)CC[C@@H]([C@H]2C)[C@@]35OO4)O[C@@H]2O[C@]3(C)CC[C@H]4[C@H](C)CC[C@@H]1[C@@]24OO3. The van der Waals surface area contributed by atoms with Crippen molar-refractivity contribution in [3.8, 4) is 0 Å². The average molecular weight is 1700 g/mol. The van der Waals surface area contributed by atoms with Gasteiger partial charge in [0.1, 0.15) is 26.4 Å². The van der Waals surface area contributed by atoms with Crippen LogP contribution in [0.3, 0.4) is 0 Å². The molecule has 16 aliphatic heterocycles. The summed E-state index contributed by atoms with van der Waals surface area (Å²) in [6.45, 7) is 24.1. The van der Waals surface area contributed by atoms with Crippen LogP contribution in [0.25, 0.3) is 0 Å². The maximum Gasteiger partial charge on any atom is 0.308 e. The monoisotopic (exact) mass is 1700 g/mol. The van der Waals surface area contributed by atoms with Crippen LogP contribution in [0, 0.1) is 94.7 Å². The maximum atomic E-state index is 13.6. The fraction of sp³-hybridized carbons (Fsp3) is 0.907. The Bertz CT molecular complexity index is 3270. The molecule has 0 aromatic carbocycles. The lowest BCUT2D eigenvalue weighted by Gasteiger charge is -2.59. The fourth-order valence-corrected chi connectivity index (χ4v) is 24.0. The largest absolute Gasteiger partial charge is 0.464 e. The number of carbonyl (C=O) groups is 8. The number of hydrogen-bond donors (Lipinski definition) is 0. The van der Waals surface area contributed by atoms with Crippen molar-refractivity contribution in [3.05, 3.63) is 0 Å². The molecule has 0 aromatic rings. The summed E-state index contributed by atoms with van der Waals surface area (Å²) in [5.74, 6) is -9.28. The zero-order chi connectivity index (χ0) is 84.6. The molecular formula is C86H128N2O32. The molecule has 0 radical (unpaired) electrons. The van der Waals surface area contributed by atoms with Crippen molar-refractivity contribution < 1.29 is 153 Å². The molecule has 20 aliphatic rings. The first kappa shape index (κ1) is 88.5. The van der Waals surface area contributed by atoms with Crippen LogP contribution in [-0.2, 0) is 153 Å². The van der Waals surface area contributed by atoms with Crippen LogP contribution >= 0.6 is 0 Å². The zero-order valence-corrected chi connectivity index (χ0v) is 71.9. The Hall–Kier alpha value is -4.96. The number of fused-ring (bicyclic) bond motifs is 8. The standard InChI is InChI=1S/C86H128N2O32/c1-47-13-17-59-51(5)71(105-75-83(59)55(47)29-33-79(9,109-75)113-117-83)101-67(93)25-21-63(89)97-43-39-87(40-44-98-64(90)22-26-68(94)102-72-52(6)60-18-14-48(2)56-30-34-80(10)110-76(106-72)84(56,60)118-114-80)37-38-88(41-45-99-65(91)23-27-69(95)103-73-53(7)61-19-15-49(3)57-31-35-81(11)111-77(107-73)85(57,61)119-115-81)42-46-100-66(92)24-28-70(96)104-74-54(8)62-20-16-50(4)58-32-36-82(12)112-78(108-74)86(58,62)120-116-82/h47-62,71-78H,13-46H2,1-12H3/t47-,48-,49-,50-,51-,52-,53-,54-,55+,56+,57+,58+,59+,60+,61+,62+,71-,72-,73-,74-,75-,76-,77-,78-,79+,80+,81+,82+,83-,84-,85-,86-/m1/s1. The second-order valence-corrected chi connectivity index (χ2v) is 38.6. The molecule has 4 aliphatic carbocycles. The number of nitrogens with zero attached hydrogens (tertiary/aromatic N) is 2.